The van der Waals surface area contributed by atoms with Gasteiger partial charge in [-0.15, -0.1) is 0 Å². The Bertz CT molecular complexity index is 1140. The number of fused-ring (bicyclic) bond motifs is 1. The highest BCUT2D eigenvalue weighted by Gasteiger charge is 2.42. The molecule has 1 heterocycles. The maximum Gasteiger partial charge on any atom is 0.246 e. The minimum atomic E-state index is -0.420. The minimum absolute atomic E-state index is 0.143. The van der Waals surface area contributed by atoms with Crippen molar-refractivity contribution in [2.45, 2.75) is 26.4 Å². The SMILES string of the molecule is CN(C)C=O.Cc1cc(COc2ccc(CC3CC3C(=O)NO)cc2F)c2ccccc2n1. The van der Waals surface area contributed by atoms with Crippen LogP contribution in [-0.4, -0.2) is 41.5 Å². The van der Waals surface area contributed by atoms with Crippen molar-refractivity contribution < 1.29 is 23.9 Å². The maximum absolute atomic E-state index is 14.5. The van der Waals surface area contributed by atoms with Crippen LogP contribution in [0.1, 0.15) is 23.2 Å². The van der Waals surface area contributed by atoms with Gasteiger partial charge in [0, 0.05) is 36.7 Å². The fourth-order valence-electron chi connectivity index (χ4n) is 3.64. The van der Waals surface area contributed by atoms with E-state index in [1.807, 2.05) is 43.3 Å². The molecule has 3 aromatic rings. The van der Waals surface area contributed by atoms with E-state index in [9.17, 15) is 14.0 Å². The molecular formula is C25H28FN3O4. The molecule has 0 bridgehead atoms. The quantitative estimate of drug-likeness (QED) is 0.324. The number of halogens is 1. The highest BCUT2D eigenvalue weighted by atomic mass is 19.1. The molecule has 33 heavy (non-hydrogen) atoms. The van der Waals surface area contributed by atoms with Crippen LogP contribution in [0.15, 0.2) is 48.5 Å². The summed E-state index contributed by atoms with van der Waals surface area (Å²) in [6.45, 7) is 2.18. The van der Waals surface area contributed by atoms with E-state index in [2.05, 4.69) is 4.98 Å². The van der Waals surface area contributed by atoms with Crippen LogP contribution in [0.5, 0.6) is 5.75 Å². The Morgan fingerprint density at radius 3 is 2.67 bits per heavy atom. The van der Waals surface area contributed by atoms with E-state index in [1.165, 1.54) is 11.0 Å². The summed E-state index contributed by atoms with van der Waals surface area (Å²) in [5.41, 5.74) is 5.23. The number of carbonyl (C=O) groups excluding carboxylic acids is 2. The first-order valence-corrected chi connectivity index (χ1v) is 10.6. The van der Waals surface area contributed by atoms with Gasteiger partial charge in [-0.3, -0.25) is 19.8 Å². The average Bonchev–Trinajstić information content (AvgIpc) is 3.57. The van der Waals surface area contributed by atoms with Gasteiger partial charge in [0.15, 0.2) is 11.6 Å². The normalized spacial score (nSPS) is 16.4. The van der Waals surface area contributed by atoms with Gasteiger partial charge >= 0.3 is 0 Å². The largest absolute Gasteiger partial charge is 0.486 e. The van der Waals surface area contributed by atoms with Gasteiger partial charge in [0.25, 0.3) is 0 Å². The number of hydrogen-bond acceptors (Lipinski definition) is 5. The molecule has 8 heteroatoms. The summed E-state index contributed by atoms with van der Waals surface area (Å²) in [5.74, 6) is -0.638. The predicted molar refractivity (Wildman–Crippen MR) is 122 cm³/mol. The summed E-state index contributed by atoms with van der Waals surface area (Å²) in [6, 6.07) is 14.7. The minimum Gasteiger partial charge on any atom is -0.486 e. The topological polar surface area (TPSA) is 91.8 Å². The second kappa shape index (κ2) is 10.9. The Balaban J connectivity index is 0.000000555. The monoisotopic (exact) mass is 453 g/mol. The molecule has 1 fully saturated rings. The molecule has 0 saturated heterocycles. The summed E-state index contributed by atoms with van der Waals surface area (Å²) in [5, 5.41) is 9.66. The highest BCUT2D eigenvalue weighted by molar-refractivity contribution is 5.82. The van der Waals surface area contributed by atoms with Crippen molar-refractivity contribution in [2.24, 2.45) is 11.8 Å². The molecule has 1 aromatic heterocycles. The third-order valence-electron chi connectivity index (χ3n) is 5.39. The lowest BCUT2D eigenvalue weighted by molar-refractivity contribution is -0.130. The van der Waals surface area contributed by atoms with Crippen LogP contribution >= 0.6 is 0 Å². The van der Waals surface area contributed by atoms with E-state index < -0.39 is 5.82 Å². The van der Waals surface area contributed by atoms with E-state index in [0.29, 0.717) is 12.8 Å². The zero-order valence-electron chi connectivity index (χ0n) is 18.9. The van der Waals surface area contributed by atoms with Crippen LogP contribution in [0, 0.1) is 24.6 Å². The average molecular weight is 454 g/mol. The van der Waals surface area contributed by atoms with Crippen molar-refractivity contribution in [2.75, 3.05) is 14.1 Å². The molecule has 1 aliphatic carbocycles. The second-order valence-corrected chi connectivity index (χ2v) is 8.34. The van der Waals surface area contributed by atoms with Gasteiger partial charge in [0.2, 0.25) is 12.3 Å². The molecule has 2 aromatic carbocycles. The van der Waals surface area contributed by atoms with E-state index in [4.69, 9.17) is 9.94 Å². The molecular weight excluding hydrogens is 425 g/mol. The second-order valence-electron chi connectivity index (χ2n) is 8.34. The Kier molecular flexibility index (Phi) is 7.95. The Morgan fingerprint density at radius 1 is 1.27 bits per heavy atom. The number of nitrogens with zero attached hydrogens (tertiary/aromatic N) is 2. The first-order chi connectivity index (χ1) is 15.8. The van der Waals surface area contributed by atoms with Crippen molar-refractivity contribution in [3.8, 4) is 5.75 Å². The number of pyridine rings is 1. The summed E-state index contributed by atoms with van der Waals surface area (Å²) < 4.78 is 20.2. The Morgan fingerprint density at radius 2 is 2.00 bits per heavy atom. The number of hydroxylamine groups is 1. The molecule has 1 aliphatic rings. The summed E-state index contributed by atoms with van der Waals surface area (Å²) >= 11 is 0. The third kappa shape index (κ3) is 6.49. The van der Waals surface area contributed by atoms with E-state index in [-0.39, 0.29) is 30.1 Å². The molecule has 4 rings (SSSR count). The Hall–Kier alpha value is -3.52. The summed E-state index contributed by atoms with van der Waals surface area (Å²) in [7, 11) is 3.38. The number of rotatable bonds is 7. The fourth-order valence-corrected chi connectivity index (χ4v) is 3.64. The number of para-hydroxylation sites is 1. The maximum atomic E-state index is 14.5. The van der Waals surface area contributed by atoms with E-state index in [0.717, 1.165) is 34.1 Å². The highest BCUT2D eigenvalue weighted by Crippen LogP contribution is 2.41. The molecule has 174 valence electrons. The van der Waals surface area contributed by atoms with Crippen LogP contribution in [0.25, 0.3) is 10.9 Å². The summed E-state index contributed by atoms with van der Waals surface area (Å²) in [4.78, 5) is 26.8. The van der Waals surface area contributed by atoms with Crippen molar-refractivity contribution in [3.63, 3.8) is 0 Å². The molecule has 0 aliphatic heterocycles. The molecule has 7 nitrogen and oxygen atoms in total. The lowest BCUT2D eigenvalue weighted by atomic mass is 10.1. The lowest BCUT2D eigenvalue weighted by Gasteiger charge is -2.11. The molecule has 0 radical (unpaired) electrons. The van der Waals surface area contributed by atoms with Crippen LogP contribution in [-0.2, 0) is 22.6 Å². The smallest absolute Gasteiger partial charge is 0.246 e. The van der Waals surface area contributed by atoms with Crippen molar-refractivity contribution in [3.05, 3.63) is 71.2 Å². The van der Waals surface area contributed by atoms with Gasteiger partial charge in [-0.1, -0.05) is 24.3 Å². The molecule has 2 N–H and O–H groups in total. The van der Waals surface area contributed by atoms with Gasteiger partial charge in [0.05, 0.1) is 5.52 Å². The van der Waals surface area contributed by atoms with Crippen molar-refractivity contribution >= 4 is 23.2 Å². The van der Waals surface area contributed by atoms with Gasteiger partial charge in [-0.25, -0.2) is 9.87 Å². The number of nitrogens with one attached hydrogen (secondary N) is 1. The van der Waals surface area contributed by atoms with Crippen molar-refractivity contribution in [1.29, 1.82) is 0 Å². The summed E-state index contributed by atoms with van der Waals surface area (Å²) in [6.07, 6.45) is 2.06. The van der Waals surface area contributed by atoms with Crippen LogP contribution in [0.4, 0.5) is 4.39 Å². The zero-order chi connectivity index (χ0) is 24.0. The van der Waals surface area contributed by atoms with Crippen LogP contribution < -0.4 is 10.2 Å². The molecule has 2 amide bonds. The number of hydrogen-bond donors (Lipinski definition) is 2. The van der Waals surface area contributed by atoms with Gasteiger partial charge in [-0.05, 0) is 55.5 Å². The molecule has 2 unspecified atom stereocenters. The lowest BCUT2D eigenvalue weighted by Crippen LogP contribution is -2.21. The molecule has 1 saturated carbocycles. The Labute approximate surface area is 192 Å². The van der Waals surface area contributed by atoms with Crippen LogP contribution in [0.2, 0.25) is 0 Å². The number of benzene rings is 2. The van der Waals surface area contributed by atoms with Gasteiger partial charge in [-0.2, -0.15) is 0 Å². The first kappa shape index (κ1) is 24.1. The van der Waals surface area contributed by atoms with Crippen LogP contribution in [0.3, 0.4) is 0 Å². The van der Waals surface area contributed by atoms with E-state index >= 15 is 0 Å². The van der Waals surface area contributed by atoms with Crippen molar-refractivity contribution in [1.82, 2.24) is 15.4 Å². The zero-order valence-corrected chi connectivity index (χ0v) is 18.9. The number of ether oxygens (including phenoxy) is 1. The standard InChI is InChI=1S/C22H21FN2O3.C3H7NO/c1-13-8-16(17-4-2-3-5-20(17)24-13)12-28-21-7-6-14(10-19(21)23)9-15-11-18(15)22(26)25-27;1-4(2)3-5/h2-8,10,15,18,27H,9,11-12H2,1H3,(H,25,26);3H,1-2H3. The number of carbonyl (C=O) groups is 2. The molecule has 2 atom stereocenters. The molecule has 0 spiro atoms. The van der Waals surface area contributed by atoms with E-state index in [1.54, 1.807) is 25.6 Å². The van der Waals surface area contributed by atoms with Gasteiger partial charge < -0.3 is 9.64 Å². The number of amides is 2. The fraction of sp³-hybridized carbons (Fsp3) is 0.320. The third-order valence-corrected chi connectivity index (χ3v) is 5.39. The number of aromatic nitrogens is 1. The predicted octanol–water partition coefficient (Wildman–Crippen LogP) is 3.65. The van der Waals surface area contributed by atoms with Gasteiger partial charge in [0.1, 0.15) is 6.61 Å². The first-order valence-electron chi connectivity index (χ1n) is 10.6. The number of aryl methyl sites for hydroxylation is 1.